The summed E-state index contributed by atoms with van der Waals surface area (Å²) in [6.07, 6.45) is 6.62. The van der Waals surface area contributed by atoms with E-state index in [9.17, 15) is 0 Å². The highest BCUT2D eigenvalue weighted by Gasteiger charge is 1.77. The maximum absolute atomic E-state index is 2.12. The quantitative estimate of drug-likeness (QED) is 0.565. The van der Waals surface area contributed by atoms with Gasteiger partial charge in [-0.3, -0.25) is 0 Å². The summed E-state index contributed by atoms with van der Waals surface area (Å²) in [4.78, 5) is 0. The molecule has 0 aliphatic heterocycles. The molecule has 0 fully saturated rings. The molecule has 0 aliphatic carbocycles. The minimum atomic E-state index is 1.25. The van der Waals surface area contributed by atoms with Gasteiger partial charge in [0.2, 0.25) is 0 Å². The summed E-state index contributed by atoms with van der Waals surface area (Å²) in [5.41, 5.74) is 1.26. The van der Waals surface area contributed by atoms with Gasteiger partial charge in [0.25, 0.3) is 0 Å². The first-order chi connectivity index (χ1) is 7.26. The third-order valence-electron chi connectivity index (χ3n) is 1.16. The molecule has 0 N–H and O–H groups in total. The van der Waals surface area contributed by atoms with E-state index in [0.717, 1.165) is 0 Å². The highest BCUT2D eigenvalue weighted by atomic mass is 13.8. The molecule has 1 aromatic rings. The molecule has 86 valence electrons. The molecule has 0 saturated carbocycles. The first-order valence-electron chi connectivity index (χ1n) is 5.94. The van der Waals surface area contributed by atoms with Crippen LogP contribution in [0.2, 0.25) is 0 Å². The molecule has 0 nitrogen and oxygen atoms in total. The van der Waals surface area contributed by atoms with Crippen molar-refractivity contribution in [1.29, 1.82) is 0 Å². The van der Waals surface area contributed by atoms with Crippen LogP contribution in [0, 0.1) is 0 Å². The Morgan fingerprint density at radius 2 is 1.27 bits per heavy atom. The fourth-order valence-electron chi connectivity index (χ4n) is 0.757. The van der Waals surface area contributed by atoms with Crippen molar-refractivity contribution in [2.24, 2.45) is 0 Å². The zero-order chi connectivity index (χ0) is 11.9. The number of hydrogen-bond donors (Lipinski definition) is 0. The standard InChI is InChI=1S/C9H10.2C3H8/c1-2-6-9-7-4-3-5-8-9;2*1-3-2/h2-8H,1H3;2*3H2,1-2H3/b6-2+;;. The van der Waals surface area contributed by atoms with E-state index in [4.69, 9.17) is 0 Å². The summed E-state index contributed by atoms with van der Waals surface area (Å²) >= 11 is 0. The molecule has 0 spiro atoms. The van der Waals surface area contributed by atoms with E-state index in [-0.39, 0.29) is 0 Å². The van der Waals surface area contributed by atoms with Gasteiger partial charge < -0.3 is 0 Å². The molecule has 0 saturated heterocycles. The van der Waals surface area contributed by atoms with Crippen LogP contribution in [0.4, 0.5) is 0 Å². The van der Waals surface area contributed by atoms with Crippen LogP contribution in [0.25, 0.3) is 6.08 Å². The van der Waals surface area contributed by atoms with Crippen molar-refractivity contribution in [3.63, 3.8) is 0 Å². The average molecular weight is 206 g/mol. The molecule has 1 aromatic carbocycles. The van der Waals surface area contributed by atoms with Crippen molar-refractivity contribution >= 4 is 6.08 Å². The van der Waals surface area contributed by atoms with Crippen LogP contribution in [0.15, 0.2) is 36.4 Å². The van der Waals surface area contributed by atoms with Crippen LogP contribution in [0.5, 0.6) is 0 Å². The number of hydrogen-bond acceptors (Lipinski definition) is 0. The second-order valence-electron chi connectivity index (χ2n) is 3.32. The minimum absolute atomic E-state index is 1.25. The maximum Gasteiger partial charge on any atom is -0.0260 e. The molecule has 0 bridgehead atoms. The van der Waals surface area contributed by atoms with Gasteiger partial charge in [0.05, 0.1) is 0 Å². The first kappa shape index (κ1) is 16.4. The monoisotopic (exact) mass is 206 g/mol. The molecular formula is C15H26. The van der Waals surface area contributed by atoms with E-state index >= 15 is 0 Å². The number of allylic oxidation sites excluding steroid dienone is 1. The van der Waals surface area contributed by atoms with Gasteiger partial charge in [-0.25, -0.2) is 0 Å². The van der Waals surface area contributed by atoms with Crippen molar-refractivity contribution in [3.8, 4) is 0 Å². The largest absolute Gasteiger partial charge is 0.0871 e. The van der Waals surface area contributed by atoms with Crippen LogP contribution < -0.4 is 0 Å². The van der Waals surface area contributed by atoms with Crippen molar-refractivity contribution in [3.05, 3.63) is 42.0 Å². The molecular weight excluding hydrogens is 180 g/mol. The SMILES string of the molecule is C/C=C/c1ccccc1.CCC.CCC. The highest BCUT2D eigenvalue weighted by molar-refractivity contribution is 5.47. The predicted octanol–water partition coefficient (Wildman–Crippen LogP) is 5.55. The Bertz CT molecular complexity index is 207. The second-order valence-corrected chi connectivity index (χ2v) is 3.32. The molecule has 0 unspecified atom stereocenters. The van der Waals surface area contributed by atoms with E-state index < -0.39 is 0 Å². The Hall–Kier alpha value is -1.04. The van der Waals surface area contributed by atoms with Crippen LogP contribution in [0.1, 0.15) is 53.0 Å². The van der Waals surface area contributed by atoms with Gasteiger partial charge >= 0.3 is 0 Å². The second kappa shape index (κ2) is 15.4. The van der Waals surface area contributed by atoms with E-state index in [2.05, 4.69) is 45.9 Å². The first-order valence-corrected chi connectivity index (χ1v) is 5.94. The van der Waals surface area contributed by atoms with Crippen LogP contribution in [-0.4, -0.2) is 0 Å². The van der Waals surface area contributed by atoms with Gasteiger partial charge in [0.1, 0.15) is 0 Å². The molecule has 1 rings (SSSR count). The summed E-state index contributed by atoms with van der Waals surface area (Å²) in [6.45, 7) is 10.5. The van der Waals surface area contributed by atoms with Gasteiger partial charge in [-0.2, -0.15) is 0 Å². The lowest BCUT2D eigenvalue weighted by Gasteiger charge is -1.86. The lowest BCUT2D eigenvalue weighted by Crippen LogP contribution is -1.65. The Balaban J connectivity index is 0. The van der Waals surface area contributed by atoms with Crippen molar-refractivity contribution in [2.75, 3.05) is 0 Å². The lowest BCUT2D eigenvalue weighted by molar-refractivity contribution is 1.09. The highest BCUT2D eigenvalue weighted by Crippen LogP contribution is 1.99. The van der Waals surface area contributed by atoms with Crippen molar-refractivity contribution < 1.29 is 0 Å². The molecule has 0 aromatic heterocycles. The van der Waals surface area contributed by atoms with E-state index in [1.54, 1.807) is 0 Å². The Morgan fingerprint density at radius 1 is 0.867 bits per heavy atom. The van der Waals surface area contributed by atoms with Crippen LogP contribution in [-0.2, 0) is 0 Å². The number of rotatable bonds is 1. The van der Waals surface area contributed by atoms with Gasteiger partial charge in [0.15, 0.2) is 0 Å². The summed E-state index contributed by atoms with van der Waals surface area (Å²) in [7, 11) is 0. The van der Waals surface area contributed by atoms with Gasteiger partial charge in [0, 0.05) is 0 Å². The van der Waals surface area contributed by atoms with Gasteiger partial charge in [-0.05, 0) is 12.5 Å². The molecule has 0 atom stereocenters. The van der Waals surface area contributed by atoms with E-state index in [1.165, 1.54) is 18.4 Å². The molecule has 15 heavy (non-hydrogen) atoms. The van der Waals surface area contributed by atoms with E-state index in [1.807, 2.05) is 31.2 Å². The van der Waals surface area contributed by atoms with E-state index in [0.29, 0.717) is 0 Å². The third-order valence-corrected chi connectivity index (χ3v) is 1.16. The zero-order valence-electron chi connectivity index (χ0n) is 11.0. The maximum atomic E-state index is 2.12. The third kappa shape index (κ3) is 15.7. The Morgan fingerprint density at radius 3 is 1.60 bits per heavy atom. The summed E-state index contributed by atoms with van der Waals surface area (Å²) in [5.74, 6) is 0. The van der Waals surface area contributed by atoms with Crippen LogP contribution >= 0.6 is 0 Å². The topological polar surface area (TPSA) is 0 Å². The van der Waals surface area contributed by atoms with Crippen molar-refractivity contribution in [2.45, 2.75) is 47.5 Å². The fourth-order valence-corrected chi connectivity index (χ4v) is 0.757. The number of benzene rings is 1. The molecule has 0 aliphatic rings. The molecule has 0 radical (unpaired) electrons. The summed E-state index contributed by atoms with van der Waals surface area (Å²) < 4.78 is 0. The predicted molar refractivity (Wildman–Crippen MR) is 73.1 cm³/mol. The summed E-state index contributed by atoms with van der Waals surface area (Å²) in [5, 5.41) is 0. The summed E-state index contributed by atoms with van der Waals surface area (Å²) in [6, 6.07) is 10.3. The smallest absolute Gasteiger partial charge is 0.0260 e. The normalized spacial score (nSPS) is 8.60. The lowest BCUT2D eigenvalue weighted by atomic mass is 10.2. The average Bonchev–Trinajstić information content (AvgIpc) is 2.22. The molecule has 0 heterocycles. The molecule has 0 heteroatoms. The van der Waals surface area contributed by atoms with Crippen LogP contribution in [0.3, 0.4) is 0 Å². The Labute approximate surface area is 96.0 Å². The zero-order valence-corrected chi connectivity index (χ0v) is 11.0. The Kier molecular flexibility index (Phi) is 16.9. The van der Waals surface area contributed by atoms with Gasteiger partial charge in [-0.1, -0.05) is 83.0 Å². The fraction of sp³-hybridized carbons (Fsp3) is 0.467. The van der Waals surface area contributed by atoms with Gasteiger partial charge in [-0.15, -0.1) is 0 Å². The van der Waals surface area contributed by atoms with Crippen molar-refractivity contribution in [1.82, 2.24) is 0 Å². The minimum Gasteiger partial charge on any atom is -0.0871 e. The molecule has 0 amide bonds.